The van der Waals surface area contributed by atoms with Crippen LogP contribution in [0.3, 0.4) is 0 Å². The maximum absolute atomic E-state index is 6.13. The average Bonchev–Trinajstić information content (AvgIpc) is 2.85. The van der Waals surface area contributed by atoms with Gasteiger partial charge in [-0.2, -0.15) is 0 Å². The molecular formula is C11H14ClN. The minimum Gasteiger partial charge on any atom is -0.325 e. The molecular weight excluding hydrogens is 182 g/mol. The van der Waals surface area contributed by atoms with Crippen molar-refractivity contribution in [1.82, 2.24) is 0 Å². The highest BCUT2D eigenvalue weighted by Crippen LogP contribution is 2.46. The lowest BCUT2D eigenvalue weighted by Crippen LogP contribution is -2.28. The number of halogens is 1. The molecule has 1 aliphatic rings. The largest absolute Gasteiger partial charge is 0.325 e. The highest BCUT2D eigenvalue weighted by Gasteiger charge is 2.44. The molecule has 1 aromatic rings. The van der Waals surface area contributed by atoms with Crippen molar-refractivity contribution < 1.29 is 0 Å². The van der Waals surface area contributed by atoms with Crippen molar-refractivity contribution in [3.8, 4) is 0 Å². The SMILES string of the molecule is CC(c1ccccc1Cl)C1(N)CC1. The van der Waals surface area contributed by atoms with E-state index >= 15 is 0 Å². The zero-order chi connectivity index (χ0) is 9.47. The molecule has 0 heterocycles. The molecule has 0 saturated heterocycles. The Kier molecular flexibility index (Phi) is 2.09. The third kappa shape index (κ3) is 1.59. The molecule has 0 bridgehead atoms. The molecule has 1 unspecified atom stereocenters. The molecule has 1 nitrogen and oxygen atoms in total. The van der Waals surface area contributed by atoms with Crippen molar-refractivity contribution in [3.05, 3.63) is 34.9 Å². The summed E-state index contributed by atoms with van der Waals surface area (Å²) < 4.78 is 0. The Hall–Kier alpha value is -0.530. The van der Waals surface area contributed by atoms with Crippen molar-refractivity contribution in [2.24, 2.45) is 5.73 Å². The number of rotatable bonds is 2. The Morgan fingerprint density at radius 1 is 1.38 bits per heavy atom. The Labute approximate surface area is 83.9 Å². The van der Waals surface area contributed by atoms with Crippen LogP contribution in [-0.2, 0) is 0 Å². The minimum absolute atomic E-state index is 0.0188. The summed E-state index contributed by atoms with van der Waals surface area (Å²) in [6.45, 7) is 2.16. The second-order valence-electron chi connectivity index (χ2n) is 3.98. The van der Waals surface area contributed by atoms with Crippen LogP contribution in [0.4, 0.5) is 0 Å². The molecule has 0 aromatic heterocycles. The molecule has 2 N–H and O–H groups in total. The van der Waals surface area contributed by atoms with Gasteiger partial charge in [0.05, 0.1) is 0 Å². The molecule has 1 atom stereocenters. The number of benzene rings is 1. The lowest BCUT2D eigenvalue weighted by molar-refractivity contribution is 0.558. The maximum Gasteiger partial charge on any atom is 0.0441 e. The van der Waals surface area contributed by atoms with Gasteiger partial charge in [0, 0.05) is 16.5 Å². The molecule has 1 aromatic carbocycles. The zero-order valence-corrected chi connectivity index (χ0v) is 8.51. The first-order valence-corrected chi connectivity index (χ1v) is 5.04. The molecule has 1 aliphatic carbocycles. The highest BCUT2D eigenvalue weighted by atomic mass is 35.5. The number of nitrogens with two attached hydrogens (primary N) is 1. The van der Waals surface area contributed by atoms with E-state index in [1.54, 1.807) is 0 Å². The lowest BCUT2D eigenvalue weighted by atomic mass is 9.92. The number of hydrogen-bond acceptors (Lipinski definition) is 1. The van der Waals surface area contributed by atoms with E-state index in [0.29, 0.717) is 5.92 Å². The Morgan fingerprint density at radius 2 is 2.00 bits per heavy atom. The van der Waals surface area contributed by atoms with E-state index < -0.39 is 0 Å². The van der Waals surface area contributed by atoms with Crippen LogP contribution in [0.1, 0.15) is 31.2 Å². The molecule has 2 heteroatoms. The molecule has 13 heavy (non-hydrogen) atoms. The van der Waals surface area contributed by atoms with Crippen LogP contribution >= 0.6 is 11.6 Å². The minimum atomic E-state index is 0.0188. The fraction of sp³-hybridized carbons (Fsp3) is 0.455. The second kappa shape index (κ2) is 3.00. The van der Waals surface area contributed by atoms with Crippen LogP contribution in [0.25, 0.3) is 0 Å². The Morgan fingerprint density at radius 3 is 2.54 bits per heavy atom. The molecule has 0 amide bonds. The fourth-order valence-corrected chi connectivity index (χ4v) is 2.01. The van der Waals surface area contributed by atoms with Crippen molar-refractivity contribution in [2.45, 2.75) is 31.2 Å². The van der Waals surface area contributed by atoms with Gasteiger partial charge in [-0.15, -0.1) is 0 Å². The van der Waals surface area contributed by atoms with Gasteiger partial charge in [0.2, 0.25) is 0 Å². The van der Waals surface area contributed by atoms with Gasteiger partial charge in [-0.1, -0.05) is 36.7 Å². The van der Waals surface area contributed by atoms with Gasteiger partial charge in [0.1, 0.15) is 0 Å². The summed E-state index contributed by atoms with van der Waals surface area (Å²) in [5.74, 6) is 0.376. The standard InChI is InChI=1S/C11H14ClN/c1-8(11(13)6-7-11)9-4-2-3-5-10(9)12/h2-5,8H,6-7,13H2,1H3. The van der Waals surface area contributed by atoms with Crippen LogP contribution in [0.5, 0.6) is 0 Å². The van der Waals surface area contributed by atoms with E-state index in [4.69, 9.17) is 17.3 Å². The van der Waals surface area contributed by atoms with Crippen LogP contribution in [0, 0.1) is 0 Å². The van der Waals surface area contributed by atoms with Crippen molar-refractivity contribution in [2.75, 3.05) is 0 Å². The van der Waals surface area contributed by atoms with E-state index in [9.17, 15) is 0 Å². The first kappa shape index (κ1) is 9.04. The van der Waals surface area contributed by atoms with E-state index in [1.165, 1.54) is 5.56 Å². The lowest BCUT2D eigenvalue weighted by Gasteiger charge is -2.20. The predicted octanol–water partition coefficient (Wildman–Crippen LogP) is 2.93. The third-order valence-corrected chi connectivity index (χ3v) is 3.41. The molecule has 2 rings (SSSR count). The molecule has 0 aliphatic heterocycles. The Balaban J connectivity index is 2.30. The highest BCUT2D eigenvalue weighted by molar-refractivity contribution is 6.31. The van der Waals surface area contributed by atoms with Gasteiger partial charge in [0.15, 0.2) is 0 Å². The van der Waals surface area contributed by atoms with Gasteiger partial charge in [0.25, 0.3) is 0 Å². The van der Waals surface area contributed by atoms with Gasteiger partial charge in [-0.05, 0) is 24.5 Å². The van der Waals surface area contributed by atoms with Gasteiger partial charge in [-0.25, -0.2) is 0 Å². The molecule has 0 radical (unpaired) electrons. The second-order valence-corrected chi connectivity index (χ2v) is 4.38. The fourth-order valence-electron chi connectivity index (χ4n) is 1.71. The van der Waals surface area contributed by atoms with Crippen LogP contribution in [0.15, 0.2) is 24.3 Å². The van der Waals surface area contributed by atoms with Gasteiger partial charge in [-0.3, -0.25) is 0 Å². The van der Waals surface area contributed by atoms with E-state index in [1.807, 2.05) is 18.2 Å². The summed E-state index contributed by atoms with van der Waals surface area (Å²) in [7, 11) is 0. The summed E-state index contributed by atoms with van der Waals surface area (Å²) in [4.78, 5) is 0. The molecule has 70 valence electrons. The van der Waals surface area contributed by atoms with Gasteiger partial charge >= 0.3 is 0 Å². The van der Waals surface area contributed by atoms with E-state index in [2.05, 4.69) is 13.0 Å². The maximum atomic E-state index is 6.13. The van der Waals surface area contributed by atoms with Crippen molar-refractivity contribution >= 4 is 11.6 Å². The summed E-state index contributed by atoms with van der Waals surface area (Å²) in [6.07, 6.45) is 2.25. The third-order valence-electron chi connectivity index (χ3n) is 3.06. The quantitative estimate of drug-likeness (QED) is 0.772. The summed E-state index contributed by atoms with van der Waals surface area (Å²) >= 11 is 6.10. The van der Waals surface area contributed by atoms with Crippen molar-refractivity contribution in [3.63, 3.8) is 0 Å². The normalized spacial score (nSPS) is 21.2. The van der Waals surface area contributed by atoms with Crippen LogP contribution < -0.4 is 5.73 Å². The average molecular weight is 196 g/mol. The molecule has 1 saturated carbocycles. The predicted molar refractivity (Wildman–Crippen MR) is 56.0 cm³/mol. The molecule has 0 spiro atoms. The monoisotopic (exact) mass is 195 g/mol. The van der Waals surface area contributed by atoms with E-state index in [0.717, 1.165) is 17.9 Å². The topological polar surface area (TPSA) is 26.0 Å². The number of hydrogen-bond donors (Lipinski definition) is 1. The summed E-state index contributed by atoms with van der Waals surface area (Å²) in [6, 6.07) is 7.97. The smallest absolute Gasteiger partial charge is 0.0441 e. The van der Waals surface area contributed by atoms with Crippen LogP contribution in [-0.4, -0.2) is 5.54 Å². The van der Waals surface area contributed by atoms with Gasteiger partial charge < -0.3 is 5.73 Å². The first-order valence-electron chi connectivity index (χ1n) is 4.67. The Bertz CT molecular complexity index is 318. The molecule has 1 fully saturated rings. The first-order chi connectivity index (χ1) is 6.13. The summed E-state index contributed by atoms with van der Waals surface area (Å²) in [5, 5.41) is 0.840. The van der Waals surface area contributed by atoms with Crippen molar-refractivity contribution in [1.29, 1.82) is 0 Å². The zero-order valence-electron chi connectivity index (χ0n) is 7.76. The van der Waals surface area contributed by atoms with E-state index in [-0.39, 0.29) is 5.54 Å². The van der Waals surface area contributed by atoms with Crippen LogP contribution in [0.2, 0.25) is 5.02 Å². The summed E-state index contributed by atoms with van der Waals surface area (Å²) in [5.41, 5.74) is 7.34.